The van der Waals surface area contributed by atoms with E-state index in [1.807, 2.05) is 6.07 Å². The van der Waals surface area contributed by atoms with E-state index < -0.39 is 62.0 Å². The van der Waals surface area contributed by atoms with Gasteiger partial charge in [0.2, 0.25) is 5.92 Å². The van der Waals surface area contributed by atoms with E-state index in [9.17, 15) is 35.8 Å². The van der Waals surface area contributed by atoms with Crippen molar-refractivity contribution in [2.75, 3.05) is 29.6 Å². The summed E-state index contributed by atoms with van der Waals surface area (Å²) in [7, 11) is -3.23. The SMILES string of the molecule is CS(=O)(=NC(=O)OCc1ccccc1)C1(c2cc(NC(=O)c3cc(Cl)c(C(F)(F)F)cc3N3CCCC(F)(F)CC3)ccn2)CC1. The molecule has 1 aliphatic heterocycles. The average molecular weight is 685 g/mol. The summed E-state index contributed by atoms with van der Waals surface area (Å²) in [5.74, 6) is -3.82. The van der Waals surface area contributed by atoms with Crippen LogP contribution in [0.3, 0.4) is 0 Å². The summed E-state index contributed by atoms with van der Waals surface area (Å²) in [6, 6.07) is 13.4. The number of hydrogen-bond donors (Lipinski definition) is 1. The van der Waals surface area contributed by atoms with Crippen LogP contribution in [0, 0.1) is 0 Å². The lowest BCUT2D eigenvalue weighted by Crippen LogP contribution is -2.29. The van der Waals surface area contributed by atoms with Crippen LogP contribution in [-0.2, 0) is 32.0 Å². The zero-order valence-electron chi connectivity index (χ0n) is 24.6. The molecule has 0 spiro atoms. The lowest BCUT2D eigenvalue weighted by atomic mass is 10.1. The van der Waals surface area contributed by atoms with Crippen molar-refractivity contribution in [3.63, 3.8) is 0 Å². The molecule has 1 N–H and O–H groups in total. The largest absolute Gasteiger partial charge is 0.443 e. The van der Waals surface area contributed by atoms with Gasteiger partial charge in [-0.25, -0.2) is 17.8 Å². The summed E-state index contributed by atoms with van der Waals surface area (Å²) in [5, 5.41) is 1.90. The summed E-state index contributed by atoms with van der Waals surface area (Å²) in [6.45, 7) is -0.309. The fourth-order valence-corrected chi connectivity index (χ4v) is 7.54. The minimum absolute atomic E-state index is 0.00891. The van der Waals surface area contributed by atoms with Gasteiger partial charge in [-0.1, -0.05) is 41.9 Å². The fourth-order valence-electron chi connectivity index (χ4n) is 5.40. The Bertz CT molecular complexity index is 1760. The Balaban J connectivity index is 1.40. The molecule has 1 atom stereocenters. The van der Waals surface area contributed by atoms with Gasteiger partial charge < -0.3 is 15.0 Å². The van der Waals surface area contributed by atoms with Crippen molar-refractivity contribution in [2.45, 2.75) is 55.6 Å². The monoisotopic (exact) mass is 684 g/mol. The van der Waals surface area contributed by atoms with Crippen LogP contribution in [0.25, 0.3) is 0 Å². The minimum atomic E-state index is -4.85. The maximum absolute atomic E-state index is 14.1. The molecule has 1 saturated heterocycles. The maximum atomic E-state index is 14.1. The third-order valence-electron chi connectivity index (χ3n) is 8.06. The number of ether oxygens (including phenoxy) is 1. The zero-order valence-corrected chi connectivity index (χ0v) is 26.2. The molecule has 2 aromatic carbocycles. The lowest BCUT2D eigenvalue weighted by molar-refractivity contribution is -0.137. The topological polar surface area (TPSA) is 101 Å². The first-order valence-electron chi connectivity index (χ1n) is 14.3. The quantitative estimate of drug-likeness (QED) is 0.253. The van der Waals surface area contributed by atoms with Crippen LogP contribution in [0.4, 0.5) is 38.1 Å². The van der Waals surface area contributed by atoms with E-state index >= 15 is 0 Å². The zero-order chi connectivity index (χ0) is 33.3. The molecule has 0 bridgehead atoms. The third kappa shape index (κ3) is 7.43. The lowest BCUT2D eigenvalue weighted by Gasteiger charge is -2.27. The molecule has 0 radical (unpaired) electrons. The highest BCUT2D eigenvalue weighted by Gasteiger charge is 2.54. The Hall–Kier alpha value is -3.78. The molecule has 46 heavy (non-hydrogen) atoms. The number of rotatable bonds is 7. The van der Waals surface area contributed by atoms with Crippen molar-refractivity contribution in [1.29, 1.82) is 0 Å². The van der Waals surface area contributed by atoms with E-state index in [0.29, 0.717) is 18.9 Å². The van der Waals surface area contributed by atoms with Crippen molar-refractivity contribution in [1.82, 2.24) is 4.98 Å². The number of hydrogen-bond acceptors (Lipinski definition) is 6. The van der Waals surface area contributed by atoms with Gasteiger partial charge in [0.05, 0.1) is 42.0 Å². The minimum Gasteiger partial charge on any atom is -0.443 e. The van der Waals surface area contributed by atoms with Crippen LogP contribution in [0.1, 0.15) is 59.3 Å². The van der Waals surface area contributed by atoms with E-state index in [4.69, 9.17) is 16.3 Å². The molecule has 1 aliphatic carbocycles. The highest BCUT2D eigenvalue weighted by atomic mass is 35.5. The molecule has 8 nitrogen and oxygen atoms in total. The second-order valence-corrected chi connectivity index (χ2v) is 14.3. The number of anilines is 2. The van der Waals surface area contributed by atoms with Gasteiger partial charge in [-0.2, -0.15) is 13.2 Å². The number of halogens is 6. The van der Waals surface area contributed by atoms with Crippen molar-refractivity contribution in [2.24, 2.45) is 4.36 Å². The van der Waals surface area contributed by atoms with Crippen molar-refractivity contribution >= 4 is 44.7 Å². The van der Waals surface area contributed by atoms with Crippen LogP contribution >= 0.6 is 11.6 Å². The van der Waals surface area contributed by atoms with E-state index in [1.54, 1.807) is 24.3 Å². The Morgan fingerprint density at radius 3 is 2.46 bits per heavy atom. The van der Waals surface area contributed by atoms with E-state index in [0.717, 1.165) is 11.6 Å². The van der Waals surface area contributed by atoms with Crippen molar-refractivity contribution < 1.29 is 40.5 Å². The van der Waals surface area contributed by atoms with Gasteiger partial charge in [0.15, 0.2) is 0 Å². The van der Waals surface area contributed by atoms with Crippen LogP contribution in [-0.4, -0.2) is 46.5 Å². The van der Waals surface area contributed by atoms with Crippen molar-refractivity contribution in [3.05, 3.63) is 88.2 Å². The Morgan fingerprint density at radius 1 is 1.07 bits per heavy atom. The van der Waals surface area contributed by atoms with Crippen LogP contribution < -0.4 is 10.2 Å². The van der Waals surface area contributed by atoms with Crippen molar-refractivity contribution in [3.8, 4) is 0 Å². The number of aromatic nitrogens is 1. The molecule has 2 heterocycles. The van der Waals surface area contributed by atoms with Gasteiger partial charge >= 0.3 is 12.3 Å². The number of carbonyl (C=O) groups excluding carboxylic acids is 2. The van der Waals surface area contributed by atoms with Crippen LogP contribution in [0.5, 0.6) is 0 Å². The molecule has 2 fully saturated rings. The molecule has 1 aromatic heterocycles. The Kier molecular flexibility index (Phi) is 9.33. The molecule has 15 heteroatoms. The predicted octanol–water partition coefficient (Wildman–Crippen LogP) is 8.06. The first kappa shape index (κ1) is 33.6. The van der Waals surface area contributed by atoms with Crippen LogP contribution in [0.2, 0.25) is 5.02 Å². The smallest absolute Gasteiger partial charge is 0.442 e. The second kappa shape index (κ2) is 12.8. The maximum Gasteiger partial charge on any atom is 0.442 e. The number of nitrogens with zero attached hydrogens (tertiary/aromatic N) is 3. The summed E-state index contributed by atoms with van der Waals surface area (Å²) in [4.78, 5) is 31.7. The summed E-state index contributed by atoms with van der Waals surface area (Å²) in [5.41, 5.74) is -0.415. The normalized spacial score (nSPS) is 18.5. The number of benzene rings is 2. The van der Waals surface area contributed by atoms with Gasteiger partial charge in [0.25, 0.3) is 5.91 Å². The van der Waals surface area contributed by atoms with Crippen LogP contribution in [0.15, 0.2) is 65.2 Å². The third-order valence-corrected chi connectivity index (χ3v) is 10.9. The average Bonchev–Trinajstić information content (AvgIpc) is 3.82. The summed E-state index contributed by atoms with van der Waals surface area (Å²) >= 11 is 5.96. The first-order valence-corrected chi connectivity index (χ1v) is 16.6. The highest BCUT2D eigenvalue weighted by Crippen LogP contribution is 2.53. The van der Waals surface area contributed by atoms with E-state index in [-0.39, 0.29) is 48.7 Å². The molecule has 1 saturated carbocycles. The number of amides is 2. The highest BCUT2D eigenvalue weighted by molar-refractivity contribution is 7.94. The van der Waals surface area contributed by atoms with Gasteiger partial charge in [-0.3, -0.25) is 9.78 Å². The van der Waals surface area contributed by atoms with E-state index in [1.165, 1.54) is 29.5 Å². The fraction of sp³-hybridized carbons (Fsp3) is 0.387. The molecule has 5 rings (SSSR count). The Labute approximate surface area is 267 Å². The second-order valence-electron chi connectivity index (χ2n) is 11.4. The summed E-state index contributed by atoms with van der Waals surface area (Å²) in [6.07, 6.45) is -3.38. The molecular formula is C31H30ClF5N4O4S. The number of nitrogens with one attached hydrogen (secondary N) is 1. The molecule has 2 aliphatic rings. The Morgan fingerprint density at radius 2 is 1.78 bits per heavy atom. The van der Waals surface area contributed by atoms with Gasteiger partial charge in [-0.05, 0) is 49.1 Å². The van der Waals surface area contributed by atoms with E-state index in [2.05, 4.69) is 14.7 Å². The number of carbonyl (C=O) groups is 2. The summed E-state index contributed by atoms with van der Waals surface area (Å²) < 4.78 is 91.1. The molecular weight excluding hydrogens is 655 g/mol. The molecule has 1 unspecified atom stereocenters. The predicted molar refractivity (Wildman–Crippen MR) is 164 cm³/mol. The number of pyridine rings is 1. The molecule has 2 amide bonds. The standard InChI is InChI=1S/C31H30ClF5N4O4S/c1-46(44,40-28(43)45-19-20-6-3-2-4-7-20)29(10-11-29)26-16-21(8-13-38-26)39-27(42)22-17-24(32)23(31(35,36)37)18-25(22)41-14-5-9-30(33,34)12-15-41/h2-4,6-8,13,16-18H,5,9-12,14-15,19H2,1H3,(H,38,39,42). The van der Waals surface area contributed by atoms with Gasteiger partial charge in [-0.15, -0.1) is 4.36 Å². The molecule has 3 aromatic rings. The number of alkyl halides is 5. The van der Waals surface area contributed by atoms with Gasteiger partial charge in [0, 0.05) is 44.1 Å². The molecule has 246 valence electrons. The van der Waals surface area contributed by atoms with Gasteiger partial charge in [0.1, 0.15) is 6.61 Å². The first-order chi connectivity index (χ1) is 21.6.